The highest BCUT2D eigenvalue weighted by Crippen LogP contribution is 2.41. The van der Waals surface area contributed by atoms with E-state index in [-0.39, 0.29) is 0 Å². The Bertz CT molecular complexity index is 811. The molecular weight excluding hydrogens is 422 g/mol. The molecule has 1 nitrogen and oxygen atoms in total. The molecule has 35 heavy (non-hydrogen) atoms. The van der Waals surface area contributed by atoms with Crippen molar-refractivity contribution in [2.24, 2.45) is 11.8 Å². The van der Waals surface area contributed by atoms with Crippen molar-refractivity contribution < 1.29 is 0 Å². The molecule has 1 heteroatoms. The van der Waals surface area contributed by atoms with Crippen LogP contribution in [0.3, 0.4) is 0 Å². The minimum absolute atomic E-state index is 0.616. The number of nitrogens with zero attached hydrogens (tertiary/aromatic N) is 1. The molecule has 1 aromatic carbocycles. The first-order valence-corrected chi connectivity index (χ1v) is 14.9. The van der Waals surface area contributed by atoms with Crippen molar-refractivity contribution in [2.75, 3.05) is 0 Å². The molecule has 1 heterocycles. The van der Waals surface area contributed by atoms with Crippen molar-refractivity contribution in [3.8, 4) is 11.3 Å². The Morgan fingerprint density at radius 2 is 1.51 bits per heavy atom. The maximum Gasteiger partial charge on any atom is 0.0702 e. The summed E-state index contributed by atoms with van der Waals surface area (Å²) in [7, 11) is 0. The minimum atomic E-state index is 0.616. The standard InChI is InChI=1S/C34H51N/c1-4-7-9-10-11-13-16-29-19-26-34(35-27-29)32-24-22-31(23-25-32)33(14-6-3)30-20-17-28(18-21-30)15-12-8-5-2/h6,19,22-28,30,33H,3-5,7-18,20-21H2,1-2H3/t28-,30-,33?. The summed E-state index contributed by atoms with van der Waals surface area (Å²) < 4.78 is 0. The molecule has 1 aliphatic carbocycles. The Morgan fingerprint density at radius 1 is 0.829 bits per heavy atom. The Balaban J connectivity index is 1.52. The minimum Gasteiger partial charge on any atom is -0.256 e. The number of hydrogen-bond acceptors (Lipinski definition) is 1. The number of unbranched alkanes of at least 4 members (excludes halogenated alkanes) is 7. The Morgan fingerprint density at radius 3 is 2.17 bits per heavy atom. The van der Waals surface area contributed by atoms with Crippen molar-refractivity contribution in [3.05, 3.63) is 66.4 Å². The van der Waals surface area contributed by atoms with Crippen LogP contribution in [0.1, 0.15) is 127 Å². The largest absolute Gasteiger partial charge is 0.256 e. The molecule has 1 saturated carbocycles. The van der Waals surface area contributed by atoms with E-state index >= 15 is 0 Å². The summed E-state index contributed by atoms with van der Waals surface area (Å²) in [5.74, 6) is 2.39. The maximum absolute atomic E-state index is 4.80. The van der Waals surface area contributed by atoms with Crippen molar-refractivity contribution in [3.63, 3.8) is 0 Å². The van der Waals surface area contributed by atoms with Gasteiger partial charge in [0.25, 0.3) is 0 Å². The number of rotatable bonds is 16. The van der Waals surface area contributed by atoms with Crippen LogP contribution in [0.15, 0.2) is 55.3 Å². The highest BCUT2D eigenvalue weighted by molar-refractivity contribution is 5.59. The molecule has 0 N–H and O–H groups in total. The normalized spacial score (nSPS) is 18.9. The zero-order valence-electron chi connectivity index (χ0n) is 22.8. The van der Waals surface area contributed by atoms with Crippen LogP contribution in [0.4, 0.5) is 0 Å². The predicted molar refractivity (Wildman–Crippen MR) is 154 cm³/mol. The number of pyridine rings is 1. The lowest BCUT2D eigenvalue weighted by Gasteiger charge is -2.34. The average molecular weight is 474 g/mol. The molecule has 1 aliphatic rings. The van der Waals surface area contributed by atoms with Gasteiger partial charge in [0, 0.05) is 11.8 Å². The van der Waals surface area contributed by atoms with Crippen LogP contribution < -0.4 is 0 Å². The quantitative estimate of drug-likeness (QED) is 0.174. The smallest absolute Gasteiger partial charge is 0.0702 e. The van der Waals surface area contributed by atoms with E-state index in [4.69, 9.17) is 4.98 Å². The Kier molecular flexibility index (Phi) is 12.6. The zero-order chi connectivity index (χ0) is 24.7. The summed E-state index contributed by atoms with van der Waals surface area (Å²) in [6.07, 6.45) is 25.8. The molecule has 2 aromatic rings. The van der Waals surface area contributed by atoms with Crippen molar-refractivity contribution in [1.82, 2.24) is 4.98 Å². The maximum atomic E-state index is 4.80. The van der Waals surface area contributed by atoms with Crippen LogP contribution >= 0.6 is 0 Å². The van der Waals surface area contributed by atoms with Gasteiger partial charge < -0.3 is 0 Å². The topological polar surface area (TPSA) is 12.9 Å². The first kappa shape index (κ1) is 27.7. The third-order valence-corrected chi connectivity index (χ3v) is 8.38. The summed E-state index contributed by atoms with van der Waals surface area (Å²) in [6, 6.07) is 13.8. The lowest BCUT2D eigenvalue weighted by atomic mass is 9.71. The fraction of sp³-hybridized carbons (Fsp3) is 0.618. The molecule has 1 unspecified atom stereocenters. The summed E-state index contributed by atoms with van der Waals surface area (Å²) in [6.45, 7) is 8.68. The van der Waals surface area contributed by atoms with Gasteiger partial charge in [-0.05, 0) is 67.1 Å². The van der Waals surface area contributed by atoms with E-state index in [2.05, 4.69) is 69.1 Å². The van der Waals surface area contributed by atoms with Gasteiger partial charge in [0.2, 0.25) is 0 Å². The average Bonchev–Trinajstić information content (AvgIpc) is 2.90. The first-order valence-electron chi connectivity index (χ1n) is 14.9. The van der Waals surface area contributed by atoms with Gasteiger partial charge >= 0.3 is 0 Å². The monoisotopic (exact) mass is 473 g/mol. The van der Waals surface area contributed by atoms with Gasteiger partial charge in [-0.15, -0.1) is 6.58 Å². The summed E-state index contributed by atoms with van der Waals surface area (Å²) in [5.41, 5.74) is 5.19. The Hall–Kier alpha value is -1.89. The van der Waals surface area contributed by atoms with Crippen LogP contribution in [-0.2, 0) is 6.42 Å². The first-order chi connectivity index (χ1) is 17.2. The van der Waals surface area contributed by atoms with Gasteiger partial charge in [-0.3, -0.25) is 4.98 Å². The number of aromatic nitrogens is 1. The highest BCUT2D eigenvalue weighted by Gasteiger charge is 2.27. The number of aryl methyl sites for hydroxylation is 1. The lowest BCUT2D eigenvalue weighted by Crippen LogP contribution is -2.20. The van der Waals surface area contributed by atoms with Crippen LogP contribution in [0.25, 0.3) is 11.3 Å². The van der Waals surface area contributed by atoms with E-state index in [1.54, 1.807) is 0 Å². The molecule has 0 spiro atoms. The van der Waals surface area contributed by atoms with Gasteiger partial charge in [0.1, 0.15) is 0 Å². The second-order valence-electron chi connectivity index (χ2n) is 11.1. The molecule has 0 aliphatic heterocycles. The molecule has 192 valence electrons. The van der Waals surface area contributed by atoms with E-state index < -0.39 is 0 Å². The Labute approximate surface area is 216 Å². The fourth-order valence-corrected chi connectivity index (χ4v) is 6.10. The fourth-order valence-electron chi connectivity index (χ4n) is 6.10. The van der Waals surface area contributed by atoms with E-state index in [0.29, 0.717) is 5.92 Å². The summed E-state index contributed by atoms with van der Waals surface area (Å²) in [5, 5.41) is 0. The molecular formula is C34H51N. The molecule has 3 rings (SSSR count). The number of hydrogen-bond donors (Lipinski definition) is 0. The molecule has 1 fully saturated rings. The molecule has 0 amide bonds. The van der Waals surface area contributed by atoms with E-state index in [0.717, 1.165) is 30.4 Å². The number of benzene rings is 1. The predicted octanol–water partition coefficient (Wildman–Crippen LogP) is 10.7. The lowest BCUT2D eigenvalue weighted by molar-refractivity contribution is 0.230. The second kappa shape index (κ2) is 16.0. The van der Waals surface area contributed by atoms with E-state index in [1.165, 1.54) is 107 Å². The van der Waals surface area contributed by atoms with Crippen molar-refractivity contribution in [1.29, 1.82) is 0 Å². The SMILES string of the molecule is C=CCC(c1ccc(-c2ccc(CCCCCCCC)cn2)cc1)[C@H]1CC[C@H](CCCCC)CC1. The molecule has 0 bridgehead atoms. The van der Waals surface area contributed by atoms with Gasteiger partial charge in [0.05, 0.1) is 5.69 Å². The van der Waals surface area contributed by atoms with Crippen molar-refractivity contribution >= 4 is 0 Å². The number of allylic oxidation sites excluding steroid dienone is 1. The third kappa shape index (κ3) is 9.25. The van der Waals surface area contributed by atoms with Crippen molar-refractivity contribution in [2.45, 2.75) is 122 Å². The highest BCUT2D eigenvalue weighted by atomic mass is 14.7. The van der Waals surface area contributed by atoms with Crippen LogP contribution in [0.2, 0.25) is 0 Å². The summed E-state index contributed by atoms with van der Waals surface area (Å²) >= 11 is 0. The van der Waals surface area contributed by atoms with Gasteiger partial charge in [-0.2, -0.15) is 0 Å². The van der Waals surface area contributed by atoms with E-state index in [9.17, 15) is 0 Å². The van der Waals surface area contributed by atoms with Crippen LogP contribution in [0.5, 0.6) is 0 Å². The molecule has 1 atom stereocenters. The molecule has 1 aromatic heterocycles. The van der Waals surface area contributed by atoms with E-state index in [1.807, 2.05) is 0 Å². The van der Waals surface area contributed by atoms with Gasteiger partial charge in [-0.25, -0.2) is 0 Å². The van der Waals surface area contributed by atoms with Crippen LogP contribution in [0, 0.1) is 11.8 Å². The summed E-state index contributed by atoms with van der Waals surface area (Å²) in [4.78, 5) is 4.80. The van der Waals surface area contributed by atoms with Crippen LogP contribution in [-0.4, -0.2) is 4.98 Å². The molecule has 0 saturated heterocycles. The second-order valence-corrected chi connectivity index (χ2v) is 11.1. The third-order valence-electron chi connectivity index (χ3n) is 8.38. The van der Waals surface area contributed by atoms with Gasteiger partial charge in [0.15, 0.2) is 0 Å². The molecule has 0 radical (unpaired) electrons. The zero-order valence-corrected chi connectivity index (χ0v) is 22.8. The van der Waals surface area contributed by atoms with Gasteiger partial charge in [-0.1, -0.05) is 121 Å².